The lowest BCUT2D eigenvalue weighted by Gasteiger charge is -2.49. The molecule has 0 radical (unpaired) electrons. The molecule has 3 atom stereocenters. The molecule has 1 aromatic carbocycles. The number of carboxylic acids is 1. The van der Waals surface area contributed by atoms with Gasteiger partial charge in [0.25, 0.3) is 5.91 Å². The van der Waals surface area contributed by atoms with Crippen LogP contribution in [0.5, 0.6) is 0 Å². The predicted molar refractivity (Wildman–Crippen MR) is 105 cm³/mol. The van der Waals surface area contributed by atoms with Gasteiger partial charge in [-0.2, -0.15) is 0 Å². The molecule has 3 aliphatic heterocycles. The van der Waals surface area contributed by atoms with Gasteiger partial charge >= 0.3 is 5.97 Å². The van der Waals surface area contributed by atoms with Gasteiger partial charge in [0.1, 0.15) is 11.7 Å². The van der Waals surface area contributed by atoms with Crippen LogP contribution in [0.25, 0.3) is 17.0 Å². The van der Waals surface area contributed by atoms with E-state index in [1.165, 1.54) is 11.8 Å². The Balaban J connectivity index is 1.50. The van der Waals surface area contributed by atoms with Crippen LogP contribution in [-0.2, 0) is 14.4 Å². The van der Waals surface area contributed by atoms with Crippen molar-refractivity contribution in [2.24, 2.45) is 5.92 Å². The SMILES string of the molecule is CC(=O)N1CC2CC(/C=C/c3cnc4ccccc4c3)=C(C(=O)O)N3C(=O)C1[C@@H]23. The Morgan fingerprint density at radius 3 is 2.79 bits per heavy atom. The number of pyridine rings is 1. The minimum atomic E-state index is -1.12. The number of amides is 2. The summed E-state index contributed by atoms with van der Waals surface area (Å²) in [4.78, 5) is 43.9. The van der Waals surface area contributed by atoms with Gasteiger partial charge in [0.2, 0.25) is 5.91 Å². The number of carboxylic acid groups (broad SMARTS) is 1. The molecule has 7 nitrogen and oxygen atoms in total. The van der Waals surface area contributed by atoms with Crippen molar-refractivity contribution in [3.63, 3.8) is 0 Å². The molecule has 1 N–H and O–H groups in total. The van der Waals surface area contributed by atoms with Crippen LogP contribution in [0.15, 0.2) is 53.9 Å². The maximum Gasteiger partial charge on any atom is 0.352 e. The van der Waals surface area contributed by atoms with Gasteiger partial charge in [-0.15, -0.1) is 0 Å². The fraction of sp³-hybridized carbons (Fsp3) is 0.273. The molecule has 7 heteroatoms. The van der Waals surface area contributed by atoms with E-state index in [0.29, 0.717) is 18.5 Å². The zero-order valence-corrected chi connectivity index (χ0v) is 15.8. The Bertz CT molecular complexity index is 1140. The number of para-hydroxylation sites is 1. The quantitative estimate of drug-likeness (QED) is 0.812. The second-order valence-electron chi connectivity index (χ2n) is 7.75. The van der Waals surface area contributed by atoms with Gasteiger partial charge in [0.15, 0.2) is 0 Å². The van der Waals surface area contributed by atoms with Crippen LogP contribution in [0, 0.1) is 5.92 Å². The van der Waals surface area contributed by atoms with Gasteiger partial charge in [-0.1, -0.05) is 30.4 Å². The molecule has 29 heavy (non-hydrogen) atoms. The summed E-state index contributed by atoms with van der Waals surface area (Å²) in [6.07, 6.45) is 5.86. The fourth-order valence-corrected chi connectivity index (χ4v) is 4.82. The van der Waals surface area contributed by atoms with E-state index >= 15 is 0 Å². The van der Waals surface area contributed by atoms with Gasteiger partial charge in [-0.25, -0.2) is 4.79 Å². The van der Waals surface area contributed by atoms with Gasteiger partial charge < -0.3 is 10.0 Å². The summed E-state index contributed by atoms with van der Waals surface area (Å²) in [5.41, 5.74) is 2.38. The van der Waals surface area contributed by atoms with E-state index in [1.54, 1.807) is 17.2 Å². The van der Waals surface area contributed by atoms with E-state index in [1.807, 2.05) is 36.4 Å². The van der Waals surface area contributed by atoms with E-state index in [-0.39, 0.29) is 29.5 Å². The molecule has 2 fully saturated rings. The van der Waals surface area contributed by atoms with Crippen molar-refractivity contribution in [2.45, 2.75) is 25.4 Å². The third kappa shape index (κ3) is 2.57. The smallest absolute Gasteiger partial charge is 0.352 e. The highest BCUT2D eigenvalue weighted by Crippen LogP contribution is 2.47. The van der Waals surface area contributed by atoms with Crippen LogP contribution in [0.3, 0.4) is 0 Å². The number of fused-ring (bicyclic) bond motifs is 1. The van der Waals surface area contributed by atoms with Crippen LogP contribution in [0.2, 0.25) is 0 Å². The molecule has 0 aliphatic carbocycles. The zero-order valence-electron chi connectivity index (χ0n) is 15.8. The molecule has 0 saturated carbocycles. The van der Waals surface area contributed by atoms with E-state index < -0.39 is 12.0 Å². The van der Waals surface area contributed by atoms with Crippen LogP contribution >= 0.6 is 0 Å². The summed E-state index contributed by atoms with van der Waals surface area (Å²) in [6.45, 7) is 1.93. The molecular formula is C22H19N3O4. The summed E-state index contributed by atoms with van der Waals surface area (Å²) in [5.74, 6) is -1.51. The number of hydrogen-bond donors (Lipinski definition) is 1. The molecule has 1 aromatic heterocycles. The highest BCUT2D eigenvalue weighted by atomic mass is 16.4. The van der Waals surface area contributed by atoms with Gasteiger partial charge in [0.05, 0.1) is 11.6 Å². The molecule has 0 bridgehead atoms. The van der Waals surface area contributed by atoms with Crippen LogP contribution in [-0.4, -0.2) is 56.3 Å². The number of rotatable bonds is 3. The number of carbonyl (C=O) groups excluding carboxylic acids is 2. The molecule has 2 amide bonds. The standard InChI is InChI=1S/C22H19N3O4/c1-12(26)24-11-16-9-15(19(22(28)29)25-18(16)20(24)21(25)27)7-6-13-8-14-4-2-3-5-17(14)23-10-13/h2-8,10,16,18,20H,9,11H2,1H3,(H,28,29)/b7-6+/t16?,18-,20?/m1/s1. The number of carbonyl (C=O) groups is 3. The molecular weight excluding hydrogens is 370 g/mol. The Hall–Kier alpha value is -3.48. The first-order valence-corrected chi connectivity index (χ1v) is 9.55. The number of nitrogens with zero attached hydrogens (tertiary/aromatic N) is 3. The fourth-order valence-electron chi connectivity index (χ4n) is 4.82. The van der Waals surface area contributed by atoms with Crippen molar-refractivity contribution in [3.8, 4) is 0 Å². The topological polar surface area (TPSA) is 90.8 Å². The van der Waals surface area contributed by atoms with Crippen LogP contribution in [0.4, 0.5) is 0 Å². The zero-order chi connectivity index (χ0) is 20.3. The van der Waals surface area contributed by atoms with E-state index in [0.717, 1.165) is 16.5 Å². The Kier molecular flexibility index (Phi) is 3.81. The number of β-lactam (4-membered cyclic amide) rings is 1. The average Bonchev–Trinajstić information content (AvgIpc) is 3.08. The summed E-state index contributed by atoms with van der Waals surface area (Å²) in [5, 5.41) is 10.8. The number of allylic oxidation sites excluding steroid dienone is 2. The Morgan fingerprint density at radius 2 is 2.03 bits per heavy atom. The second-order valence-corrected chi connectivity index (χ2v) is 7.75. The summed E-state index contributed by atoms with van der Waals surface area (Å²) in [7, 11) is 0. The van der Waals surface area contributed by atoms with E-state index in [2.05, 4.69) is 4.98 Å². The van der Waals surface area contributed by atoms with E-state index in [4.69, 9.17) is 0 Å². The number of hydrogen-bond acceptors (Lipinski definition) is 4. The van der Waals surface area contributed by atoms with Gasteiger partial charge in [0, 0.05) is 31.0 Å². The average molecular weight is 389 g/mol. The summed E-state index contributed by atoms with van der Waals surface area (Å²) in [6, 6.07) is 9.03. The van der Waals surface area contributed by atoms with Crippen molar-refractivity contribution >= 4 is 34.8 Å². The largest absolute Gasteiger partial charge is 0.477 e. The minimum Gasteiger partial charge on any atom is -0.477 e. The first kappa shape index (κ1) is 17.6. The Morgan fingerprint density at radius 1 is 1.24 bits per heavy atom. The van der Waals surface area contributed by atoms with Crippen molar-refractivity contribution < 1.29 is 19.5 Å². The summed E-state index contributed by atoms with van der Waals surface area (Å²) >= 11 is 0. The third-order valence-corrected chi connectivity index (χ3v) is 6.08. The molecule has 4 heterocycles. The highest BCUT2D eigenvalue weighted by molar-refractivity contribution is 6.02. The first-order valence-electron chi connectivity index (χ1n) is 9.55. The van der Waals surface area contributed by atoms with Crippen LogP contribution in [0.1, 0.15) is 18.9 Å². The van der Waals surface area contributed by atoms with Crippen molar-refractivity contribution in [1.29, 1.82) is 0 Å². The molecule has 2 aromatic rings. The van der Waals surface area contributed by atoms with Gasteiger partial charge in [-0.05, 0) is 29.7 Å². The lowest BCUT2D eigenvalue weighted by atomic mass is 9.79. The van der Waals surface area contributed by atoms with Crippen molar-refractivity contribution in [3.05, 3.63) is 59.4 Å². The summed E-state index contributed by atoms with van der Waals surface area (Å²) < 4.78 is 0. The second kappa shape index (κ2) is 6.27. The van der Waals surface area contributed by atoms with Gasteiger partial charge in [-0.3, -0.25) is 19.5 Å². The number of benzene rings is 1. The molecule has 0 spiro atoms. The maximum absolute atomic E-state index is 12.7. The third-order valence-electron chi connectivity index (χ3n) is 6.08. The number of aliphatic carboxylic acids is 1. The molecule has 5 rings (SSSR count). The first-order chi connectivity index (χ1) is 14.0. The van der Waals surface area contributed by atoms with Crippen molar-refractivity contribution in [2.75, 3.05) is 6.54 Å². The lowest BCUT2D eigenvalue weighted by Crippen LogP contribution is -2.69. The molecule has 146 valence electrons. The lowest BCUT2D eigenvalue weighted by molar-refractivity contribution is -0.159. The molecule has 3 aliphatic rings. The number of likely N-dealkylation sites (tertiary alicyclic amines) is 1. The van der Waals surface area contributed by atoms with Crippen LogP contribution < -0.4 is 0 Å². The Labute approximate surface area is 166 Å². The number of aromatic nitrogens is 1. The normalized spacial score (nSPS) is 25.6. The molecule has 2 unspecified atom stereocenters. The predicted octanol–water partition coefficient (Wildman–Crippen LogP) is 2.05. The highest BCUT2D eigenvalue weighted by Gasteiger charge is 2.63. The minimum absolute atomic E-state index is 0.0305. The monoisotopic (exact) mass is 389 g/mol. The molecule has 2 saturated heterocycles. The van der Waals surface area contributed by atoms with E-state index in [9.17, 15) is 19.5 Å². The van der Waals surface area contributed by atoms with Crippen molar-refractivity contribution in [1.82, 2.24) is 14.8 Å². The maximum atomic E-state index is 12.7.